The van der Waals surface area contributed by atoms with Crippen LogP contribution in [0.5, 0.6) is 17.2 Å². The second-order valence-corrected chi connectivity index (χ2v) is 24.9. The molecule has 12 aromatic carbocycles. The van der Waals surface area contributed by atoms with Crippen molar-refractivity contribution in [2.24, 2.45) is 0 Å². The Morgan fingerprint density at radius 1 is 0.253 bits per heavy atom. The number of nitrogens with one attached hydrogen (secondary N) is 2. The molecule has 91 heavy (non-hydrogen) atoms. The van der Waals surface area contributed by atoms with Crippen LogP contribution in [0.3, 0.4) is 0 Å². The van der Waals surface area contributed by atoms with Gasteiger partial charge in [0, 0.05) is 66.1 Å². The number of aromatic nitrogens is 4. The summed E-state index contributed by atoms with van der Waals surface area (Å²) in [5.74, 6) is 2.25. The van der Waals surface area contributed by atoms with Gasteiger partial charge in [-0.2, -0.15) is 0 Å². The highest BCUT2D eigenvalue weighted by Gasteiger charge is 2.32. The predicted octanol–water partition coefficient (Wildman–Crippen LogP) is 22.1. The summed E-state index contributed by atoms with van der Waals surface area (Å²) >= 11 is 0. The Bertz CT molecular complexity index is 5790. The van der Waals surface area contributed by atoms with E-state index < -0.39 is 0 Å². The fraction of sp³-hybridized carbons (Fsp3) is 0.0952. The molecule has 3 aliphatic rings. The molecule has 0 fully saturated rings. The summed E-state index contributed by atoms with van der Waals surface area (Å²) in [4.78, 5) is 21.3. The fourth-order valence-electron chi connectivity index (χ4n) is 14.9. The van der Waals surface area contributed by atoms with Gasteiger partial charge in [-0.15, -0.1) is 0 Å². The van der Waals surface area contributed by atoms with Gasteiger partial charge >= 0.3 is 0 Å². The number of aromatic amines is 2. The Kier molecular flexibility index (Phi) is 12.2. The molecule has 0 atom stereocenters. The SMILES string of the molecule is COc1cc(C)cc(-c2c3nc(c(-c4cc(C)cc(OC)c4)c4[nH]c(c(-c5cc(C)cc(OC)c5)c5nc(c(-c6cc(C)cc(C)c6)c6[nH]c2c2cc7ccccc7cc62)-c2cc6ccccc6cc2-5)c2cc5ccccc5cc42)-c2cc4ccccc4cc2-3)c1. The van der Waals surface area contributed by atoms with Crippen LogP contribution in [-0.4, -0.2) is 41.3 Å². The Balaban J connectivity index is 1.25. The van der Waals surface area contributed by atoms with Crippen LogP contribution in [0.15, 0.2) is 218 Å². The molecule has 0 amide bonds. The number of rotatable bonds is 7. The molecular weight excluding hydrogens is 1110 g/mol. The molecule has 436 valence electrons. The number of hydrogen-bond donors (Lipinski definition) is 2. The standard InChI is InChI=1S/C84H62N4O3/c1-45-25-46(2)27-58(26-45)73-77-65-37-50-17-9-11-19-52(50)39-67(65)79(85-77)74(59-28-47(3)31-62(34-59)89-6)81-69-41-54-21-13-15-23-56(54)43-71(69)83(87-81)76(61-30-49(5)33-64(36-61)91-8)84-72-44-57-24-16-14-22-55(57)42-70(72)82(88-84)75(60-29-48(4)32-63(35-60)90-7)80-68-40-53-20-12-10-18-51(53)38-66(68)78(73)86-80/h9-44,85,88H,1-8H3. The van der Waals surface area contributed by atoms with Crippen LogP contribution >= 0.6 is 0 Å². The number of methoxy groups -OCH3 is 3. The van der Waals surface area contributed by atoms with Gasteiger partial charge in [0.1, 0.15) is 17.2 Å². The van der Waals surface area contributed by atoms with Crippen molar-refractivity contribution in [2.75, 3.05) is 21.3 Å². The van der Waals surface area contributed by atoms with E-state index in [0.717, 1.165) is 221 Å². The van der Waals surface area contributed by atoms with E-state index in [9.17, 15) is 0 Å². The monoisotopic (exact) mass is 1170 g/mol. The predicted molar refractivity (Wildman–Crippen MR) is 380 cm³/mol. The maximum atomic E-state index is 6.30. The first-order valence-electron chi connectivity index (χ1n) is 31.1. The van der Waals surface area contributed by atoms with Crippen molar-refractivity contribution < 1.29 is 14.2 Å². The molecule has 0 unspecified atom stereocenters. The molecule has 0 radical (unpaired) electrons. The average Bonchev–Trinajstić information content (AvgIpc) is 1.57. The topological polar surface area (TPSA) is 85.1 Å². The number of aryl methyl sites for hydroxylation is 5. The van der Waals surface area contributed by atoms with E-state index in [1.807, 2.05) is 0 Å². The molecule has 2 aliphatic heterocycles. The summed E-state index contributed by atoms with van der Waals surface area (Å²) in [5, 5.41) is 13.1. The number of fused-ring (bicyclic) bond motifs is 4. The summed E-state index contributed by atoms with van der Waals surface area (Å²) in [5.41, 5.74) is 24.3. The second-order valence-electron chi connectivity index (χ2n) is 24.9. The Morgan fingerprint density at radius 2 is 0.473 bits per heavy atom. The zero-order chi connectivity index (χ0) is 61.5. The number of ether oxygens (including phenoxy) is 3. The first kappa shape index (κ1) is 53.9. The number of H-pyrrole nitrogens is 2. The van der Waals surface area contributed by atoms with Gasteiger partial charge in [0.2, 0.25) is 0 Å². The lowest BCUT2D eigenvalue weighted by molar-refractivity contribution is 0.414. The normalized spacial score (nSPS) is 12.0. The van der Waals surface area contributed by atoms with Gasteiger partial charge in [-0.1, -0.05) is 145 Å². The van der Waals surface area contributed by atoms with Crippen LogP contribution in [-0.2, 0) is 0 Å². The minimum Gasteiger partial charge on any atom is -0.497 e. The lowest BCUT2D eigenvalue weighted by Gasteiger charge is -2.12. The lowest BCUT2D eigenvalue weighted by atomic mass is 9.90. The molecule has 4 heterocycles. The van der Waals surface area contributed by atoms with Crippen LogP contribution in [0.4, 0.5) is 0 Å². The lowest BCUT2D eigenvalue weighted by Crippen LogP contribution is -1.91. The third-order valence-electron chi connectivity index (χ3n) is 18.8. The van der Waals surface area contributed by atoms with E-state index in [1.54, 1.807) is 21.3 Å². The number of nitrogens with zero attached hydrogens (tertiary/aromatic N) is 2. The minimum absolute atomic E-state index is 0.747. The summed E-state index contributed by atoms with van der Waals surface area (Å²) in [6, 6.07) is 80.4. The molecule has 0 saturated heterocycles. The Morgan fingerprint density at radius 3 is 0.714 bits per heavy atom. The maximum absolute atomic E-state index is 6.30. The van der Waals surface area contributed by atoms with Crippen molar-refractivity contribution in [3.63, 3.8) is 0 Å². The van der Waals surface area contributed by atoms with E-state index in [4.69, 9.17) is 24.2 Å². The largest absolute Gasteiger partial charge is 0.497 e. The van der Waals surface area contributed by atoms with Crippen molar-refractivity contribution in [3.8, 4) is 107 Å². The second kappa shape index (κ2) is 20.7. The number of hydrogen-bond acceptors (Lipinski definition) is 5. The van der Waals surface area contributed by atoms with Crippen molar-refractivity contribution in [1.82, 2.24) is 19.9 Å². The van der Waals surface area contributed by atoms with Crippen molar-refractivity contribution in [1.29, 1.82) is 0 Å². The molecular formula is C84H62N4O3. The van der Waals surface area contributed by atoms with E-state index in [1.165, 1.54) is 0 Å². The van der Waals surface area contributed by atoms with Gasteiger partial charge in [0.25, 0.3) is 0 Å². The highest BCUT2D eigenvalue weighted by Crippen LogP contribution is 2.54. The van der Waals surface area contributed by atoms with Gasteiger partial charge in [-0.05, 0) is 202 Å². The summed E-state index contributed by atoms with van der Waals surface area (Å²) in [6.07, 6.45) is 0. The molecule has 17 rings (SSSR count). The van der Waals surface area contributed by atoms with Gasteiger partial charge in [-0.25, -0.2) is 9.97 Å². The summed E-state index contributed by atoms with van der Waals surface area (Å²) in [6.45, 7) is 10.8. The molecule has 1 aliphatic carbocycles. The van der Waals surface area contributed by atoms with Gasteiger partial charge in [-0.3, -0.25) is 0 Å². The summed E-state index contributed by atoms with van der Waals surface area (Å²) in [7, 11) is 5.26. The van der Waals surface area contributed by atoms with Crippen LogP contribution in [0.1, 0.15) is 27.8 Å². The zero-order valence-electron chi connectivity index (χ0n) is 51.9. The highest BCUT2D eigenvalue weighted by atomic mass is 16.5. The molecule has 2 aromatic heterocycles. The Hall–Kier alpha value is -11.3. The van der Waals surface area contributed by atoms with Gasteiger partial charge in [0.05, 0.1) is 66.2 Å². The van der Waals surface area contributed by atoms with E-state index >= 15 is 0 Å². The van der Waals surface area contributed by atoms with Crippen LogP contribution in [0.25, 0.3) is 176 Å². The van der Waals surface area contributed by atoms with Gasteiger partial charge in [0.15, 0.2) is 0 Å². The minimum atomic E-state index is 0.747. The smallest absolute Gasteiger partial charge is 0.119 e. The van der Waals surface area contributed by atoms with Crippen LogP contribution in [0.2, 0.25) is 0 Å². The van der Waals surface area contributed by atoms with Crippen molar-refractivity contribution in [3.05, 3.63) is 246 Å². The first-order valence-corrected chi connectivity index (χ1v) is 31.1. The van der Waals surface area contributed by atoms with Crippen LogP contribution in [0, 0.1) is 34.6 Å². The molecule has 14 aromatic rings. The van der Waals surface area contributed by atoms with Crippen molar-refractivity contribution in [2.45, 2.75) is 34.6 Å². The van der Waals surface area contributed by atoms with E-state index in [0.29, 0.717) is 0 Å². The Labute approximate surface area is 526 Å². The molecule has 7 heteroatoms. The highest BCUT2D eigenvalue weighted by molar-refractivity contribution is 6.25. The third-order valence-corrected chi connectivity index (χ3v) is 18.8. The van der Waals surface area contributed by atoms with E-state index in [-0.39, 0.29) is 0 Å². The molecule has 7 nitrogen and oxygen atoms in total. The quantitative estimate of drug-likeness (QED) is 0.166. The molecule has 2 N–H and O–H groups in total. The molecule has 8 bridgehead atoms. The molecule has 0 saturated carbocycles. The van der Waals surface area contributed by atoms with Crippen molar-refractivity contribution >= 4 is 86.7 Å². The fourth-order valence-corrected chi connectivity index (χ4v) is 14.9. The summed E-state index contributed by atoms with van der Waals surface area (Å²) < 4.78 is 18.7. The van der Waals surface area contributed by atoms with Gasteiger partial charge < -0.3 is 24.2 Å². The first-order chi connectivity index (χ1) is 44.4. The maximum Gasteiger partial charge on any atom is 0.119 e. The molecule has 0 spiro atoms. The van der Waals surface area contributed by atoms with E-state index in [2.05, 4.69) is 263 Å². The number of benzene rings is 12. The third kappa shape index (κ3) is 8.70. The average molecular weight is 1180 g/mol. The van der Waals surface area contributed by atoms with Crippen LogP contribution < -0.4 is 14.2 Å². The zero-order valence-corrected chi connectivity index (χ0v) is 51.9.